The molecular formula is C17H17FO2S. The molecule has 0 bridgehead atoms. The van der Waals surface area contributed by atoms with Crippen LogP contribution in [0.5, 0.6) is 0 Å². The molecule has 0 N–H and O–H groups in total. The highest BCUT2D eigenvalue weighted by Crippen LogP contribution is 2.16. The minimum atomic E-state index is -1.39. The Morgan fingerprint density at radius 2 is 1.86 bits per heavy atom. The highest BCUT2D eigenvalue weighted by molar-refractivity contribution is 7.85. The van der Waals surface area contributed by atoms with Gasteiger partial charge in [-0.2, -0.15) is 0 Å². The highest BCUT2D eigenvalue weighted by atomic mass is 32.2. The molecule has 0 saturated carbocycles. The molecule has 1 atom stereocenters. The molecule has 2 aromatic carbocycles. The average molecular weight is 304 g/mol. The fourth-order valence-corrected chi connectivity index (χ4v) is 3.37. The lowest BCUT2D eigenvalue weighted by atomic mass is 10.1. The van der Waals surface area contributed by atoms with Crippen LogP contribution in [-0.4, -0.2) is 15.7 Å². The summed E-state index contributed by atoms with van der Waals surface area (Å²) in [5, 5.41) is 0. The lowest BCUT2D eigenvalue weighted by molar-refractivity contribution is -0.116. The van der Waals surface area contributed by atoms with Gasteiger partial charge >= 0.3 is 0 Å². The number of rotatable bonds is 5. The van der Waals surface area contributed by atoms with Crippen LogP contribution < -0.4 is 0 Å². The minimum Gasteiger partial charge on any atom is -0.298 e. The smallest absolute Gasteiger partial charge is 0.150 e. The summed E-state index contributed by atoms with van der Waals surface area (Å²) in [6, 6.07) is 11.8. The Labute approximate surface area is 126 Å². The average Bonchev–Trinajstić information content (AvgIpc) is 2.41. The number of aryl methyl sites for hydroxylation is 2. The predicted molar refractivity (Wildman–Crippen MR) is 82.3 cm³/mol. The summed E-state index contributed by atoms with van der Waals surface area (Å²) in [5.41, 5.74) is 2.35. The van der Waals surface area contributed by atoms with Crippen LogP contribution in [0.15, 0.2) is 47.4 Å². The van der Waals surface area contributed by atoms with Crippen LogP contribution in [0.1, 0.15) is 16.7 Å². The van der Waals surface area contributed by atoms with Crippen LogP contribution in [-0.2, 0) is 22.0 Å². The molecule has 0 aromatic heterocycles. The van der Waals surface area contributed by atoms with Gasteiger partial charge in [0, 0.05) is 11.3 Å². The largest absolute Gasteiger partial charge is 0.298 e. The zero-order valence-corrected chi connectivity index (χ0v) is 12.9. The van der Waals surface area contributed by atoms with E-state index in [0.29, 0.717) is 10.5 Å². The maximum atomic E-state index is 13.5. The number of halogens is 1. The normalized spacial score (nSPS) is 12.1. The monoisotopic (exact) mass is 304 g/mol. The fraction of sp³-hybridized carbons (Fsp3) is 0.235. The first-order valence-electron chi connectivity index (χ1n) is 6.68. The summed E-state index contributed by atoms with van der Waals surface area (Å²) in [4.78, 5) is 12.6. The number of hydrogen-bond donors (Lipinski definition) is 0. The Morgan fingerprint density at radius 3 is 2.52 bits per heavy atom. The Balaban J connectivity index is 2.06. The lowest BCUT2D eigenvalue weighted by Gasteiger charge is -2.07. The van der Waals surface area contributed by atoms with Gasteiger partial charge in [0.1, 0.15) is 11.6 Å². The molecule has 0 saturated heterocycles. The summed E-state index contributed by atoms with van der Waals surface area (Å²) in [5.74, 6) is -0.709. The quantitative estimate of drug-likeness (QED) is 0.849. The molecule has 110 valence electrons. The SMILES string of the molecule is Cc1ccc(S(=O)CC(=O)Cc2ccccc2F)c(C)c1. The van der Waals surface area contributed by atoms with E-state index in [4.69, 9.17) is 0 Å². The maximum Gasteiger partial charge on any atom is 0.150 e. The molecule has 0 fully saturated rings. The fourth-order valence-electron chi connectivity index (χ4n) is 2.18. The Morgan fingerprint density at radius 1 is 1.14 bits per heavy atom. The van der Waals surface area contributed by atoms with Crippen molar-refractivity contribution in [3.8, 4) is 0 Å². The van der Waals surface area contributed by atoms with Crippen LogP contribution >= 0.6 is 0 Å². The summed E-state index contributed by atoms with van der Waals surface area (Å²) < 4.78 is 25.7. The number of carbonyl (C=O) groups excluding carboxylic acids is 1. The zero-order valence-electron chi connectivity index (χ0n) is 12.1. The Hall–Kier alpha value is -1.81. The number of carbonyl (C=O) groups is 1. The van der Waals surface area contributed by atoms with Gasteiger partial charge < -0.3 is 0 Å². The van der Waals surface area contributed by atoms with Gasteiger partial charge in [-0.05, 0) is 37.1 Å². The summed E-state index contributed by atoms with van der Waals surface area (Å²) >= 11 is 0. The van der Waals surface area contributed by atoms with E-state index in [9.17, 15) is 13.4 Å². The van der Waals surface area contributed by atoms with Crippen molar-refractivity contribution in [2.24, 2.45) is 0 Å². The van der Waals surface area contributed by atoms with Gasteiger partial charge in [-0.25, -0.2) is 4.39 Å². The van der Waals surface area contributed by atoms with Gasteiger partial charge in [0.2, 0.25) is 0 Å². The third kappa shape index (κ3) is 4.08. The predicted octanol–water partition coefficient (Wildman–Crippen LogP) is 3.36. The molecule has 0 aliphatic carbocycles. The third-order valence-corrected chi connectivity index (χ3v) is 4.75. The van der Waals surface area contributed by atoms with Gasteiger partial charge in [-0.3, -0.25) is 9.00 Å². The molecular weight excluding hydrogens is 287 g/mol. The summed E-state index contributed by atoms with van der Waals surface area (Å²) in [6.07, 6.45) is -0.0245. The zero-order chi connectivity index (χ0) is 15.4. The summed E-state index contributed by atoms with van der Waals surface area (Å²) in [7, 11) is -1.39. The summed E-state index contributed by atoms with van der Waals surface area (Å²) in [6.45, 7) is 3.84. The van der Waals surface area contributed by atoms with Gasteiger partial charge in [0.05, 0.1) is 16.6 Å². The van der Waals surface area contributed by atoms with Crippen molar-refractivity contribution < 1.29 is 13.4 Å². The van der Waals surface area contributed by atoms with E-state index in [2.05, 4.69) is 0 Å². The number of benzene rings is 2. The number of hydrogen-bond acceptors (Lipinski definition) is 2. The van der Waals surface area contributed by atoms with Crippen molar-refractivity contribution in [2.75, 3.05) is 5.75 Å². The van der Waals surface area contributed by atoms with Crippen LogP contribution in [0.2, 0.25) is 0 Å². The van der Waals surface area contributed by atoms with E-state index in [1.54, 1.807) is 24.3 Å². The molecule has 0 amide bonds. The second-order valence-corrected chi connectivity index (χ2v) is 6.49. The lowest BCUT2D eigenvalue weighted by Crippen LogP contribution is -2.14. The van der Waals surface area contributed by atoms with Crippen molar-refractivity contribution in [1.29, 1.82) is 0 Å². The van der Waals surface area contributed by atoms with E-state index in [-0.39, 0.29) is 18.0 Å². The van der Waals surface area contributed by atoms with Crippen molar-refractivity contribution >= 4 is 16.6 Å². The van der Waals surface area contributed by atoms with Crippen molar-refractivity contribution in [3.63, 3.8) is 0 Å². The molecule has 0 aliphatic heterocycles. The Bertz CT molecular complexity index is 695. The maximum absolute atomic E-state index is 13.5. The van der Waals surface area contributed by atoms with E-state index in [0.717, 1.165) is 11.1 Å². The van der Waals surface area contributed by atoms with Crippen LogP contribution in [0.4, 0.5) is 4.39 Å². The van der Waals surface area contributed by atoms with Gasteiger partial charge in [-0.15, -0.1) is 0 Å². The molecule has 0 heterocycles. The van der Waals surface area contributed by atoms with Crippen LogP contribution in [0, 0.1) is 19.7 Å². The van der Waals surface area contributed by atoms with E-state index < -0.39 is 16.6 Å². The first-order chi connectivity index (χ1) is 9.97. The van der Waals surface area contributed by atoms with E-state index in [1.165, 1.54) is 6.07 Å². The third-order valence-electron chi connectivity index (χ3n) is 3.21. The van der Waals surface area contributed by atoms with Crippen molar-refractivity contribution in [1.82, 2.24) is 0 Å². The van der Waals surface area contributed by atoms with E-state index in [1.807, 2.05) is 26.0 Å². The van der Waals surface area contributed by atoms with Gasteiger partial charge in [-0.1, -0.05) is 35.9 Å². The van der Waals surface area contributed by atoms with Crippen LogP contribution in [0.3, 0.4) is 0 Å². The number of ketones is 1. The Kier molecular flexibility index (Phi) is 5.02. The number of Topliss-reactive ketones (excluding diaryl/α,β-unsaturated/α-hetero) is 1. The molecule has 0 aliphatic rings. The molecule has 21 heavy (non-hydrogen) atoms. The molecule has 4 heteroatoms. The molecule has 2 aromatic rings. The molecule has 2 rings (SSSR count). The highest BCUT2D eigenvalue weighted by Gasteiger charge is 2.14. The molecule has 0 radical (unpaired) electrons. The van der Waals surface area contributed by atoms with Gasteiger partial charge in [0.25, 0.3) is 0 Å². The van der Waals surface area contributed by atoms with Crippen molar-refractivity contribution in [3.05, 3.63) is 65.0 Å². The minimum absolute atomic E-state index is 0.0245. The second-order valence-electron chi connectivity index (χ2n) is 5.07. The molecule has 2 nitrogen and oxygen atoms in total. The second kappa shape index (κ2) is 6.76. The van der Waals surface area contributed by atoms with Gasteiger partial charge in [0.15, 0.2) is 0 Å². The van der Waals surface area contributed by atoms with Crippen molar-refractivity contribution in [2.45, 2.75) is 25.2 Å². The topological polar surface area (TPSA) is 34.1 Å². The van der Waals surface area contributed by atoms with E-state index >= 15 is 0 Å². The standard InChI is InChI=1S/C17H17FO2S/c1-12-7-8-17(13(2)9-12)21(20)11-15(19)10-14-5-3-4-6-16(14)18/h3-9H,10-11H2,1-2H3. The first-order valence-corrected chi connectivity index (χ1v) is 8.00. The first kappa shape index (κ1) is 15.6. The van der Waals surface area contributed by atoms with Crippen LogP contribution in [0.25, 0.3) is 0 Å². The molecule has 1 unspecified atom stereocenters. The molecule has 0 spiro atoms.